The number of nitrogens with zero attached hydrogens (tertiary/aromatic N) is 2. The summed E-state index contributed by atoms with van der Waals surface area (Å²) in [5, 5.41) is 0. The molecule has 1 aliphatic rings. The van der Waals surface area contributed by atoms with E-state index in [0.29, 0.717) is 13.1 Å². The van der Waals surface area contributed by atoms with Crippen LogP contribution in [0.15, 0.2) is 0 Å². The summed E-state index contributed by atoms with van der Waals surface area (Å²) in [6.07, 6.45) is -2.35. The molecule has 0 bridgehead atoms. The molecular weight excluding hydrogens is 190 g/mol. The zero-order valence-corrected chi connectivity index (χ0v) is 8.54. The average molecular weight is 206 g/mol. The van der Waals surface area contributed by atoms with Crippen molar-refractivity contribution in [2.24, 2.45) is 0 Å². The van der Waals surface area contributed by atoms with E-state index in [9.17, 15) is 13.6 Å². The predicted molar refractivity (Wildman–Crippen MR) is 49.3 cm³/mol. The maximum atomic E-state index is 12.0. The van der Waals surface area contributed by atoms with E-state index in [1.54, 1.807) is 4.90 Å². The largest absolute Gasteiger partial charge is 0.338 e. The van der Waals surface area contributed by atoms with Gasteiger partial charge in [-0.15, -0.1) is 0 Å². The lowest BCUT2D eigenvalue weighted by Gasteiger charge is -2.36. The third-order valence-corrected chi connectivity index (χ3v) is 2.36. The van der Waals surface area contributed by atoms with E-state index in [0.717, 1.165) is 0 Å². The van der Waals surface area contributed by atoms with E-state index in [-0.39, 0.29) is 25.0 Å². The summed E-state index contributed by atoms with van der Waals surface area (Å²) in [5.41, 5.74) is 0. The minimum absolute atomic E-state index is 0.0492. The molecule has 1 amide bonds. The monoisotopic (exact) mass is 206 g/mol. The first kappa shape index (κ1) is 11.4. The third kappa shape index (κ3) is 2.90. The minimum atomic E-state index is -2.35. The van der Waals surface area contributed by atoms with Gasteiger partial charge in [0.25, 0.3) is 6.43 Å². The lowest BCUT2D eigenvalue weighted by molar-refractivity contribution is -0.138. The number of carbonyl (C=O) groups excluding carboxylic acids is 1. The number of carbonyl (C=O) groups is 1. The van der Waals surface area contributed by atoms with Gasteiger partial charge in [-0.3, -0.25) is 9.69 Å². The van der Waals surface area contributed by atoms with E-state index in [1.165, 1.54) is 4.90 Å². The van der Waals surface area contributed by atoms with Crippen molar-refractivity contribution >= 4 is 5.91 Å². The molecule has 1 saturated heterocycles. The maximum Gasteiger partial charge on any atom is 0.251 e. The number of amides is 1. The lowest BCUT2D eigenvalue weighted by atomic mass is 10.2. The molecule has 0 radical (unpaired) electrons. The molecule has 1 aliphatic heterocycles. The average Bonchev–Trinajstić information content (AvgIpc) is 2.01. The summed E-state index contributed by atoms with van der Waals surface area (Å²) in [4.78, 5) is 14.7. The van der Waals surface area contributed by atoms with Crippen molar-refractivity contribution in [3.8, 4) is 0 Å². The van der Waals surface area contributed by atoms with Crippen LogP contribution >= 0.6 is 0 Å². The molecule has 0 aliphatic carbocycles. The molecule has 0 aromatic heterocycles. The summed E-state index contributed by atoms with van der Waals surface area (Å²) in [6, 6.07) is 0.163. The molecule has 0 atom stereocenters. The van der Waals surface area contributed by atoms with Gasteiger partial charge >= 0.3 is 0 Å². The minimum Gasteiger partial charge on any atom is -0.338 e. The summed E-state index contributed by atoms with van der Waals surface area (Å²) >= 11 is 0. The van der Waals surface area contributed by atoms with Crippen molar-refractivity contribution in [1.29, 1.82) is 0 Å². The molecular formula is C9H16F2N2O. The van der Waals surface area contributed by atoms with Crippen LogP contribution < -0.4 is 0 Å². The Kier molecular flexibility index (Phi) is 3.80. The number of hydrogen-bond donors (Lipinski definition) is 0. The molecule has 0 N–H and O–H groups in total. The van der Waals surface area contributed by atoms with Gasteiger partial charge in [-0.05, 0) is 13.8 Å². The Labute approximate surface area is 82.7 Å². The van der Waals surface area contributed by atoms with Crippen LogP contribution in [0.4, 0.5) is 8.78 Å². The third-order valence-electron chi connectivity index (χ3n) is 2.36. The van der Waals surface area contributed by atoms with E-state index >= 15 is 0 Å². The van der Waals surface area contributed by atoms with Gasteiger partial charge in [0.05, 0.1) is 13.1 Å². The van der Waals surface area contributed by atoms with Crippen LogP contribution in [-0.4, -0.2) is 54.4 Å². The summed E-state index contributed by atoms with van der Waals surface area (Å²) in [7, 11) is 0. The molecule has 14 heavy (non-hydrogen) atoms. The molecule has 5 heteroatoms. The Morgan fingerprint density at radius 1 is 1.36 bits per heavy atom. The van der Waals surface area contributed by atoms with E-state index < -0.39 is 6.43 Å². The van der Waals surface area contributed by atoms with Crippen molar-refractivity contribution in [1.82, 2.24) is 9.80 Å². The number of rotatable bonds is 3. The fourth-order valence-corrected chi connectivity index (χ4v) is 1.63. The first-order valence-corrected chi connectivity index (χ1v) is 4.80. The van der Waals surface area contributed by atoms with Gasteiger partial charge < -0.3 is 4.90 Å². The smallest absolute Gasteiger partial charge is 0.251 e. The van der Waals surface area contributed by atoms with Crippen molar-refractivity contribution in [2.75, 3.05) is 26.2 Å². The predicted octanol–water partition coefficient (Wildman–Crippen LogP) is 0.804. The van der Waals surface area contributed by atoms with Crippen LogP contribution in [0.2, 0.25) is 0 Å². The molecule has 0 saturated carbocycles. The molecule has 0 unspecified atom stereocenters. The SMILES string of the molecule is CC(C)N1CCN(CC(F)F)CC1=O. The summed E-state index contributed by atoms with van der Waals surface area (Å²) in [6.45, 7) is 4.80. The Bertz CT molecular complexity index is 209. The molecule has 1 heterocycles. The second kappa shape index (κ2) is 4.68. The Morgan fingerprint density at radius 3 is 2.43 bits per heavy atom. The van der Waals surface area contributed by atoms with Gasteiger partial charge in [0.2, 0.25) is 5.91 Å². The van der Waals surface area contributed by atoms with Crippen LogP contribution in [0, 0.1) is 0 Å². The van der Waals surface area contributed by atoms with Crippen molar-refractivity contribution in [3.05, 3.63) is 0 Å². The summed E-state index contributed by atoms with van der Waals surface area (Å²) < 4.78 is 24.1. The maximum absolute atomic E-state index is 12.0. The lowest BCUT2D eigenvalue weighted by Crippen LogP contribution is -2.53. The van der Waals surface area contributed by atoms with Crippen molar-refractivity contribution < 1.29 is 13.6 Å². The number of alkyl halides is 2. The number of hydrogen-bond acceptors (Lipinski definition) is 2. The summed E-state index contributed by atoms with van der Waals surface area (Å²) in [5.74, 6) is -0.0492. The van der Waals surface area contributed by atoms with Gasteiger partial charge in [-0.25, -0.2) is 8.78 Å². The second-order valence-corrected chi connectivity index (χ2v) is 3.81. The fraction of sp³-hybridized carbons (Fsp3) is 0.889. The topological polar surface area (TPSA) is 23.6 Å². The van der Waals surface area contributed by atoms with Crippen molar-refractivity contribution in [2.45, 2.75) is 26.3 Å². The van der Waals surface area contributed by atoms with Gasteiger partial charge in [0, 0.05) is 19.1 Å². The highest BCUT2D eigenvalue weighted by molar-refractivity contribution is 5.79. The molecule has 82 valence electrons. The van der Waals surface area contributed by atoms with E-state index in [1.807, 2.05) is 13.8 Å². The van der Waals surface area contributed by atoms with E-state index in [4.69, 9.17) is 0 Å². The number of halogens is 2. The Balaban J connectivity index is 2.43. The van der Waals surface area contributed by atoms with Crippen LogP contribution in [0.1, 0.15) is 13.8 Å². The fourth-order valence-electron chi connectivity index (χ4n) is 1.63. The molecule has 3 nitrogen and oxygen atoms in total. The van der Waals surface area contributed by atoms with Gasteiger partial charge in [-0.1, -0.05) is 0 Å². The van der Waals surface area contributed by atoms with Crippen LogP contribution in [0.3, 0.4) is 0 Å². The highest BCUT2D eigenvalue weighted by Crippen LogP contribution is 2.08. The quantitative estimate of drug-likeness (QED) is 0.682. The Hall–Kier alpha value is -0.710. The van der Waals surface area contributed by atoms with E-state index in [2.05, 4.69) is 0 Å². The Morgan fingerprint density at radius 2 is 2.00 bits per heavy atom. The van der Waals surface area contributed by atoms with Gasteiger partial charge in [0.1, 0.15) is 0 Å². The molecule has 1 fully saturated rings. The molecule has 0 aromatic carbocycles. The first-order chi connectivity index (χ1) is 6.50. The van der Waals surface area contributed by atoms with Crippen LogP contribution in [-0.2, 0) is 4.79 Å². The molecule has 0 aromatic rings. The standard InChI is InChI=1S/C9H16F2N2O/c1-7(2)13-4-3-12(5-8(10)11)6-9(13)14/h7-8H,3-6H2,1-2H3. The highest BCUT2D eigenvalue weighted by Gasteiger charge is 2.26. The zero-order valence-electron chi connectivity index (χ0n) is 8.54. The van der Waals surface area contributed by atoms with Crippen molar-refractivity contribution in [3.63, 3.8) is 0 Å². The normalized spacial score (nSPS) is 19.9. The van der Waals surface area contributed by atoms with Crippen LogP contribution in [0.25, 0.3) is 0 Å². The highest BCUT2D eigenvalue weighted by atomic mass is 19.3. The second-order valence-electron chi connectivity index (χ2n) is 3.81. The number of piperazine rings is 1. The van der Waals surface area contributed by atoms with Gasteiger partial charge in [0.15, 0.2) is 0 Å². The van der Waals surface area contributed by atoms with Crippen LogP contribution in [0.5, 0.6) is 0 Å². The molecule has 0 spiro atoms. The first-order valence-electron chi connectivity index (χ1n) is 4.80. The van der Waals surface area contributed by atoms with Gasteiger partial charge in [-0.2, -0.15) is 0 Å². The molecule has 1 rings (SSSR count). The zero-order chi connectivity index (χ0) is 10.7.